The highest BCUT2D eigenvalue weighted by Gasteiger charge is 2.28. The summed E-state index contributed by atoms with van der Waals surface area (Å²) in [6.07, 6.45) is 3.23. The van der Waals surface area contributed by atoms with Gasteiger partial charge in [0.05, 0.1) is 12.8 Å². The Balaban J connectivity index is 2.53. The number of carbonyl (C=O) groups is 4. The molecule has 0 heterocycles. The van der Waals surface area contributed by atoms with Crippen LogP contribution in [-0.4, -0.2) is 35.5 Å². The van der Waals surface area contributed by atoms with Crippen molar-refractivity contribution in [1.82, 2.24) is 10.6 Å². The molecule has 2 atom stereocenters. The van der Waals surface area contributed by atoms with Crippen LogP contribution in [-0.2, 0) is 19.2 Å². The number of carbonyl (C=O) groups excluding carboxylic acids is 4. The van der Waals surface area contributed by atoms with Crippen LogP contribution in [0, 0.1) is 0 Å². The molecule has 0 saturated heterocycles. The quantitative estimate of drug-likeness (QED) is 0.693. The molecule has 6 nitrogen and oxygen atoms in total. The maximum atomic E-state index is 11.6. The lowest BCUT2D eigenvalue weighted by Crippen LogP contribution is -2.53. The Morgan fingerprint density at radius 3 is 1.45 bits per heavy atom. The van der Waals surface area contributed by atoms with Crippen molar-refractivity contribution in [3.05, 3.63) is 0 Å². The van der Waals surface area contributed by atoms with Crippen molar-refractivity contribution in [3.8, 4) is 0 Å². The third-order valence-electron chi connectivity index (χ3n) is 3.28. The first kappa shape index (κ1) is 16.3. The highest BCUT2D eigenvalue weighted by Crippen LogP contribution is 2.19. The summed E-state index contributed by atoms with van der Waals surface area (Å²) in [5, 5.41) is 5.60. The molecule has 0 unspecified atom stereocenters. The Bertz CT molecular complexity index is 368. The van der Waals surface area contributed by atoms with E-state index in [1.807, 2.05) is 0 Å². The first-order valence-electron chi connectivity index (χ1n) is 6.96. The smallest absolute Gasteiger partial charge is 0.227 e. The molecule has 0 bridgehead atoms. The maximum absolute atomic E-state index is 11.6. The molecule has 1 aliphatic rings. The molecule has 20 heavy (non-hydrogen) atoms. The van der Waals surface area contributed by atoms with E-state index in [1.54, 1.807) is 0 Å². The standard InChI is InChI=1S/C14H22N2O4/c1-9(17)7-13(19)15-11-5-3-4-6-12(11)16-14(20)8-10(2)18/h11-12H,3-8H2,1-2H3,(H,15,19)(H,16,20)/t11-,12-/m0/s1. The van der Waals surface area contributed by atoms with Gasteiger partial charge in [0.15, 0.2) is 0 Å². The summed E-state index contributed by atoms with van der Waals surface area (Å²) in [5.74, 6) is -0.989. The molecule has 0 spiro atoms. The Hall–Kier alpha value is -1.72. The first-order chi connectivity index (χ1) is 9.38. The predicted molar refractivity (Wildman–Crippen MR) is 72.9 cm³/mol. The highest BCUT2D eigenvalue weighted by atomic mass is 16.2. The van der Waals surface area contributed by atoms with Crippen molar-refractivity contribution in [3.63, 3.8) is 0 Å². The van der Waals surface area contributed by atoms with E-state index in [0.29, 0.717) is 0 Å². The van der Waals surface area contributed by atoms with Crippen molar-refractivity contribution in [2.45, 2.75) is 64.5 Å². The summed E-state index contributed by atoms with van der Waals surface area (Å²) < 4.78 is 0. The topological polar surface area (TPSA) is 92.3 Å². The highest BCUT2D eigenvalue weighted by molar-refractivity contribution is 5.97. The molecule has 0 aliphatic heterocycles. The van der Waals surface area contributed by atoms with E-state index in [4.69, 9.17) is 0 Å². The number of hydrogen-bond donors (Lipinski definition) is 2. The molecule has 112 valence electrons. The molecule has 1 saturated carbocycles. The van der Waals surface area contributed by atoms with Crippen LogP contribution >= 0.6 is 0 Å². The van der Waals surface area contributed by atoms with Gasteiger partial charge in [0.2, 0.25) is 11.8 Å². The number of hydrogen-bond acceptors (Lipinski definition) is 4. The fraction of sp³-hybridized carbons (Fsp3) is 0.714. The van der Waals surface area contributed by atoms with Gasteiger partial charge in [0.1, 0.15) is 11.6 Å². The molecule has 2 amide bonds. The van der Waals surface area contributed by atoms with Gasteiger partial charge < -0.3 is 10.6 Å². The maximum Gasteiger partial charge on any atom is 0.227 e. The van der Waals surface area contributed by atoms with Gasteiger partial charge in [0, 0.05) is 12.1 Å². The molecule has 1 aliphatic carbocycles. The van der Waals surface area contributed by atoms with Crippen LogP contribution in [0.4, 0.5) is 0 Å². The molecule has 0 radical (unpaired) electrons. The molecular formula is C14H22N2O4. The van der Waals surface area contributed by atoms with Crippen molar-refractivity contribution >= 4 is 23.4 Å². The summed E-state index contributed by atoms with van der Waals surface area (Å²) in [7, 11) is 0. The van der Waals surface area contributed by atoms with Crippen molar-refractivity contribution < 1.29 is 19.2 Å². The minimum Gasteiger partial charge on any atom is -0.351 e. The summed E-state index contributed by atoms with van der Waals surface area (Å²) in [4.78, 5) is 45.1. The fourth-order valence-corrected chi connectivity index (χ4v) is 2.44. The number of rotatable bonds is 6. The first-order valence-corrected chi connectivity index (χ1v) is 6.96. The van der Waals surface area contributed by atoms with E-state index in [9.17, 15) is 19.2 Å². The SMILES string of the molecule is CC(=O)CC(=O)N[C@H]1CCCC[C@@H]1NC(=O)CC(C)=O. The minimum absolute atomic E-state index is 0.134. The summed E-state index contributed by atoms with van der Waals surface area (Å²) in [6.45, 7) is 2.74. The molecule has 0 aromatic heterocycles. The van der Waals surface area contributed by atoms with Gasteiger partial charge in [-0.1, -0.05) is 12.8 Å². The van der Waals surface area contributed by atoms with E-state index < -0.39 is 0 Å². The van der Waals surface area contributed by atoms with Crippen LogP contribution in [0.2, 0.25) is 0 Å². The molecule has 1 fully saturated rings. The second-order valence-corrected chi connectivity index (χ2v) is 5.39. The van der Waals surface area contributed by atoms with Crippen LogP contribution < -0.4 is 10.6 Å². The lowest BCUT2D eigenvalue weighted by atomic mass is 9.90. The zero-order chi connectivity index (χ0) is 15.1. The lowest BCUT2D eigenvalue weighted by Gasteiger charge is -2.32. The van der Waals surface area contributed by atoms with Crippen LogP contribution in [0.25, 0.3) is 0 Å². The van der Waals surface area contributed by atoms with E-state index in [-0.39, 0.29) is 48.3 Å². The van der Waals surface area contributed by atoms with Gasteiger partial charge in [-0.3, -0.25) is 19.2 Å². The Kier molecular flexibility index (Phi) is 6.35. The van der Waals surface area contributed by atoms with Crippen LogP contribution in [0.1, 0.15) is 52.4 Å². The average Bonchev–Trinajstić information content (AvgIpc) is 2.29. The molecule has 0 aromatic rings. The van der Waals surface area contributed by atoms with E-state index >= 15 is 0 Å². The van der Waals surface area contributed by atoms with Gasteiger partial charge in [0.25, 0.3) is 0 Å². The number of Topliss-reactive ketones (excluding diaryl/α,β-unsaturated/α-hetero) is 2. The largest absolute Gasteiger partial charge is 0.351 e. The summed E-state index contributed by atoms with van der Waals surface area (Å²) in [6, 6.07) is -0.321. The molecular weight excluding hydrogens is 260 g/mol. The number of ketones is 2. The van der Waals surface area contributed by atoms with Gasteiger partial charge in [-0.05, 0) is 26.7 Å². The second kappa shape index (κ2) is 7.77. The zero-order valence-electron chi connectivity index (χ0n) is 12.0. The van der Waals surface area contributed by atoms with Crippen molar-refractivity contribution in [2.75, 3.05) is 0 Å². The Morgan fingerprint density at radius 2 is 1.15 bits per heavy atom. The average molecular weight is 282 g/mol. The Morgan fingerprint density at radius 1 is 0.800 bits per heavy atom. The molecule has 2 N–H and O–H groups in total. The zero-order valence-corrected chi connectivity index (χ0v) is 12.0. The Labute approximate surface area is 118 Å². The molecule has 6 heteroatoms. The van der Waals surface area contributed by atoms with Gasteiger partial charge in [-0.15, -0.1) is 0 Å². The molecule has 0 aromatic carbocycles. The second-order valence-electron chi connectivity index (χ2n) is 5.39. The number of amides is 2. The van der Waals surface area contributed by atoms with Crippen LogP contribution in [0.5, 0.6) is 0 Å². The number of nitrogens with one attached hydrogen (secondary N) is 2. The normalized spacial score (nSPS) is 21.9. The van der Waals surface area contributed by atoms with Crippen LogP contribution in [0.3, 0.4) is 0 Å². The fourth-order valence-electron chi connectivity index (χ4n) is 2.44. The van der Waals surface area contributed by atoms with Crippen molar-refractivity contribution in [1.29, 1.82) is 0 Å². The molecule has 1 rings (SSSR count). The third-order valence-corrected chi connectivity index (χ3v) is 3.28. The summed E-state index contributed by atoms with van der Waals surface area (Å²) >= 11 is 0. The van der Waals surface area contributed by atoms with E-state index in [0.717, 1.165) is 25.7 Å². The van der Waals surface area contributed by atoms with Gasteiger partial charge in [-0.25, -0.2) is 0 Å². The van der Waals surface area contributed by atoms with Gasteiger partial charge in [-0.2, -0.15) is 0 Å². The van der Waals surface area contributed by atoms with Gasteiger partial charge >= 0.3 is 0 Å². The monoisotopic (exact) mass is 282 g/mol. The lowest BCUT2D eigenvalue weighted by molar-refractivity contribution is -0.130. The van der Waals surface area contributed by atoms with Crippen LogP contribution in [0.15, 0.2) is 0 Å². The van der Waals surface area contributed by atoms with Crippen molar-refractivity contribution in [2.24, 2.45) is 0 Å². The summed E-state index contributed by atoms with van der Waals surface area (Å²) in [5.41, 5.74) is 0. The van der Waals surface area contributed by atoms with E-state index in [1.165, 1.54) is 13.8 Å². The minimum atomic E-state index is -0.310. The third kappa shape index (κ3) is 5.95. The predicted octanol–water partition coefficient (Wildman–Crippen LogP) is 0.488. The van der Waals surface area contributed by atoms with E-state index in [2.05, 4.69) is 10.6 Å².